The van der Waals surface area contributed by atoms with Gasteiger partial charge in [-0.3, -0.25) is 14.3 Å². The zero-order valence-electron chi connectivity index (χ0n) is 18.1. The number of nitrogens with zero attached hydrogens (tertiary/aromatic N) is 3. The third-order valence-electron chi connectivity index (χ3n) is 6.49. The van der Waals surface area contributed by atoms with Gasteiger partial charge in [-0.05, 0) is 62.6 Å². The highest BCUT2D eigenvalue weighted by atomic mass is 16.5. The average Bonchev–Trinajstić information content (AvgIpc) is 3.44. The van der Waals surface area contributed by atoms with Gasteiger partial charge in [-0.1, -0.05) is 24.3 Å². The number of hydrogen-bond donors (Lipinski definition) is 0. The van der Waals surface area contributed by atoms with Gasteiger partial charge in [0.25, 0.3) is 0 Å². The highest BCUT2D eigenvalue weighted by molar-refractivity contribution is 5.80. The number of benzene rings is 1. The molecule has 1 heterocycles. The van der Waals surface area contributed by atoms with E-state index in [9.17, 15) is 9.59 Å². The van der Waals surface area contributed by atoms with Crippen LogP contribution in [0, 0.1) is 24.7 Å². The second-order valence-corrected chi connectivity index (χ2v) is 8.68. The van der Waals surface area contributed by atoms with Crippen LogP contribution in [0.5, 0.6) is 0 Å². The summed E-state index contributed by atoms with van der Waals surface area (Å²) in [6.45, 7) is 5.33. The molecule has 2 aliphatic rings. The summed E-state index contributed by atoms with van der Waals surface area (Å²) in [5.74, 6) is 0.161. The zero-order valence-corrected chi connectivity index (χ0v) is 18.1. The number of esters is 1. The summed E-state index contributed by atoms with van der Waals surface area (Å²) in [5, 5.41) is 4.56. The Morgan fingerprint density at radius 3 is 2.73 bits per heavy atom. The van der Waals surface area contributed by atoms with Crippen LogP contribution < -0.4 is 0 Å². The van der Waals surface area contributed by atoms with Gasteiger partial charge < -0.3 is 9.64 Å². The fourth-order valence-electron chi connectivity index (χ4n) is 4.58. The number of amides is 1. The van der Waals surface area contributed by atoms with Gasteiger partial charge in [0.1, 0.15) is 0 Å². The van der Waals surface area contributed by atoms with Gasteiger partial charge >= 0.3 is 5.97 Å². The molecule has 0 radical (unpaired) electrons. The van der Waals surface area contributed by atoms with Crippen LogP contribution in [-0.4, -0.2) is 39.7 Å². The lowest BCUT2D eigenvalue weighted by atomic mass is 9.83. The molecule has 2 aliphatic carbocycles. The molecule has 160 valence electrons. The van der Waals surface area contributed by atoms with Crippen molar-refractivity contribution in [2.24, 2.45) is 24.8 Å². The SMILES string of the molecule is CCOC(=O)[C@@H]1C[C@@H]1CN(Cc1cc(C)n(C)n1)C(=O)[C@@H]1CCc2ccccc2C1. The van der Waals surface area contributed by atoms with E-state index in [-0.39, 0.29) is 29.6 Å². The summed E-state index contributed by atoms with van der Waals surface area (Å²) in [5.41, 5.74) is 4.61. The standard InChI is InChI=1S/C24H31N3O3/c1-4-30-24(29)22-13-20(22)14-27(15-21-11-16(2)26(3)25-21)23(28)19-10-9-17-7-5-6-8-18(17)12-19/h5-8,11,19-20,22H,4,9-10,12-15H2,1-3H3/t19-,20-,22-/m1/s1. The van der Waals surface area contributed by atoms with E-state index in [2.05, 4.69) is 23.3 Å². The molecular formula is C24H31N3O3. The van der Waals surface area contributed by atoms with E-state index in [0.717, 1.165) is 37.1 Å². The lowest BCUT2D eigenvalue weighted by Gasteiger charge is -2.30. The molecule has 4 rings (SSSR count). The van der Waals surface area contributed by atoms with Crippen molar-refractivity contribution < 1.29 is 14.3 Å². The first-order chi connectivity index (χ1) is 14.5. The molecule has 0 bridgehead atoms. The minimum atomic E-state index is -0.129. The largest absolute Gasteiger partial charge is 0.466 e. The summed E-state index contributed by atoms with van der Waals surface area (Å²) in [6, 6.07) is 10.5. The van der Waals surface area contributed by atoms with Crippen molar-refractivity contribution in [3.8, 4) is 0 Å². The molecule has 1 fully saturated rings. The van der Waals surface area contributed by atoms with E-state index in [4.69, 9.17) is 4.74 Å². The third-order valence-corrected chi connectivity index (χ3v) is 6.49. The molecule has 6 nitrogen and oxygen atoms in total. The maximum atomic E-state index is 13.5. The molecule has 1 aromatic carbocycles. The molecule has 0 spiro atoms. The quantitative estimate of drug-likeness (QED) is 0.660. The monoisotopic (exact) mass is 409 g/mol. The Kier molecular flexibility index (Phi) is 5.93. The van der Waals surface area contributed by atoms with Crippen LogP contribution in [0.25, 0.3) is 0 Å². The molecule has 6 heteroatoms. The predicted molar refractivity (Wildman–Crippen MR) is 114 cm³/mol. The van der Waals surface area contributed by atoms with Gasteiger partial charge in [0.2, 0.25) is 5.91 Å². The van der Waals surface area contributed by atoms with E-state index >= 15 is 0 Å². The Morgan fingerprint density at radius 2 is 2.03 bits per heavy atom. The molecule has 0 N–H and O–H groups in total. The number of ether oxygens (including phenoxy) is 1. The lowest BCUT2D eigenvalue weighted by molar-refractivity contribution is -0.145. The number of carbonyl (C=O) groups excluding carboxylic acids is 2. The highest BCUT2D eigenvalue weighted by Gasteiger charge is 2.46. The Hall–Kier alpha value is -2.63. The first-order valence-electron chi connectivity index (χ1n) is 11.0. The Morgan fingerprint density at radius 1 is 1.27 bits per heavy atom. The third kappa shape index (κ3) is 4.42. The van der Waals surface area contributed by atoms with E-state index in [1.165, 1.54) is 11.1 Å². The smallest absolute Gasteiger partial charge is 0.309 e. The van der Waals surface area contributed by atoms with E-state index in [1.807, 2.05) is 42.6 Å². The van der Waals surface area contributed by atoms with E-state index < -0.39 is 0 Å². The first kappa shape index (κ1) is 20.6. The van der Waals surface area contributed by atoms with E-state index in [0.29, 0.717) is 19.7 Å². The average molecular weight is 410 g/mol. The van der Waals surface area contributed by atoms with Crippen LogP contribution in [0.2, 0.25) is 0 Å². The fourth-order valence-corrected chi connectivity index (χ4v) is 4.58. The van der Waals surface area contributed by atoms with Crippen LogP contribution in [0.1, 0.15) is 42.3 Å². The number of aryl methyl sites for hydroxylation is 3. The van der Waals surface area contributed by atoms with Gasteiger partial charge in [0.05, 0.1) is 24.8 Å². The summed E-state index contributed by atoms with van der Waals surface area (Å²) in [7, 11) is 1.92. The van der Waals surface area contributed by atoms with Crippen molar-refractivity contribution in [2.45, 2.75) is 46.1 Å². The van der Waals surface area contributed by atoms with Gasteiger partial charge in [-0.15, -0.1) is 0 Å². The molecule has 1 amide bonds. The minimum Gasteiger partial charge on any atom is -0.466 e. The molecule has 1 aromatic heterocycles. The fraction of sp³-hybridized carbons (Fsp3) is 0.542. The van der Waals surface area contributed by atoms with Crippen molar-refractivity contribution in [3.05, 3.63) is 52.8 Å². The normalized spacial score (nSPS) is 22.3. The molecule has 1 saturated carbocycles. The van der Waals surface area contributed by atoms with Crippen LogP contribution >= 0.6 is 0 Å². The second kappa shape index (κ2) is 8.62. The molecule has 0 saturated heterocycles. The number of rotatable bonds is 7. The van der Waals surface area contributed by atoms with Gasteiger partial charge in [0, 0.05) is 25.2 Å². The first-order valence-corrected chi connectivity index (χ1v) is 11.0. The number of carbonyl (C=O) groups is 2. The Balaban J connectivity index is 1.48. The molecule has 3 atom stereocenters. The van der Waals surface area contributed by atoms with Gasteiger partial charge in [-0.25, -0.2) is 0 Å². The van der Waals surface area contributed by atoms with Crippen LogP contribution in [0.4, 0.5) is 0 Å². The Labute approximate surface area is 178 Å². The van der Waals surface area contributed by atoms with Crippen molar-refractivity contribution in [1.82, 2.24) is 14.7 Å². The molecular weight excluding hydrogens is 378 g/mol. The summed E-state index contributed by atoms with van der Waals surface area (Å²) in [4.78, 5) is 27.6. The maximum Gasteiger partial charge on any atom is 0.309 e. The maximum absolute atomic E-state index is 13.5. The topological polar surface area (TPSA) is 64.4 Å². The van der Waals surface area contributed by atoms with Crippen molar-refractivity contribution in [1.29, 1.82) is 0 Å². The zero-order chi connectivity index (χ0) is 21.3. The van der Waals surface area contributed by atoms with Crippen molar-refractivity contribution in [2.75, 3.05) is 13.2 Å². The molecule has 0 unspecified atom stereocenters. The van der Waals surface area contributed by atoms with Crippen LogP contribution in [-0.2, 0) is 40.8 Å². The minimum absolute atomic E-state index is 0.00972. The van der Waals surface area contributed by atoms with Crippen LogP contribution in [0.3, 0.4) is 0 Å². The Bertz CT molecular complexity index is 916. The summed E-state index contributed by atoms with van der Waals surface area (Å²) < 4.78 is 7.01. The predicted octanol–water partition coefficient (Wildman–Crippen LogP) is 3.06. The molecule has 0 aliphatic heterocycles. The lowest BCUT2D eigenvalue weighted by Crippen LogP contribution is -2.39. The number of fused-ring (bicyclic) bond motifs is 1. The molecule has 2 aromatic rings. The van der Waals surface area contributed by atoms with E-state index in [1.54, 1.807) is 0 Å². The second-order valence-electron chi connectivity index (χ2n) is 8.68. The molecule has 30 heavy (non-hydrogen) atoms. The summed E-state index contributed by atoms with van der Waals surface area (Å²) in [6.07, 6.45) is 3.41. The van der Waals surface area contributed by atoms with Crippen molar-refractivity contribution in [3.63, 3.8) is 0 Å². The highest BCUT2D eigenvalue weighted by Crippen LogP contribution is 2.41. The van der Waals surface area contributed by atoms with Crippen molar-refractivity contribution >= 4 is 11.9 Å². The number of hydrogen-bond acceptors (Lipinski definition) is 4. The van der Waals surface area contributed by atoms with Gasteiger partial charge in [-0.2, -0.15) is 5.10 Å². The summed E-state index contributed by atoms with van der Waals surface area (Å²) >= 11 is 0. The number of aromatic nitrogens is 2. The van der Waals surface area contributed by atoms with Crippen LogP contribution in [0.15, 0.2) is 30.3 Å². The van der Waals surface area contributed by atoms with Gasteiger partial charge in [0.15, 0.2) is 0 Å².